The summed E-state index contributed by atoms with van der Waals surface area (Å²) in [4.78, 5) is 28.6. The van der Waals surface area contributed by atoms with E-state index in [1.165, 1.54) is 30.4 Å². The Hall–Kier alpha value is -2.90. The van der Waals surface area contributed by atoms with Crippen LogP contribution in [0, 0.1) is 0 Å². The summed E-state index contributed by atoms with van der Waals surface area (Å²) in [5.41, 5.74) is 0.214. The molecule has 156 valence electrons. The third kappa shape index (κ3) is 5.13. The molecular weight excluding hydrogens is 374 g/mol. The smallest absolute Gasteiger partial charge is 0.435 e. The van der Waals surface area contributed by atoms with Crippen LogP contribution in [0.2, 0.25) is 0 Å². The van der Waals surface area contributed by atoms with Gasteiger partial charge >= 0.3 is 12.1 Å². The lowest BCUT2D eigenvalue weighted by molar-refractivity contribution is -0.134. The molecule has 29 heavy (non-hydrogen) atoms. The molecule has 0 aliphatic heterocycles. The summed E-state index contributed by atoms with van der Waals surface area (Å²) >= 11 is 0. The van der Waals surface area contributed by atoms with E-state index >= 15 is 0 Å². The molecule has 8 heteroatoms. The van der Waals surface area contributed by atoms with Gasteiger partial charge in [0.1, 0.15) is 11.7 Å². The van der Waals surface area contributed by atoms with Crippen molar-refractivity contribution in [3.05, 3.63) is 24.0 Å². The first-order chi connectivity index (χ1) is 13.8. The van der Waals surface area contributed by atoms with E-state index in [0.717, 1.165) is 25.7 Å². The SMILES string of the molecule is COC(=O)/C=C/c1nn(C(=O)OC(C)(C)C)c2ccnc(OC3CCCCC3)c12. The monoisotopic (exact) mass is 401 g/mol. The highest BCUT2D eigenvalue weighted by atomic mass is 16.6. The molecule has 0 unspecified atom stereocenters. The van der Waals surface area contributed by atoms with Gasteiger partial charge in [0.2, 0.25) is 5.88 Å². The minimum absolute atomic E-state index is 0.0733. The molecule has 0 bridgehead atoms. The minimum atomic E-state index is -0.675. The number of hydrogen-bond donors (Lipinski definition) is 0. The third-order valence-electron chi connectivity index (χ3n) is 4.56. The molecule has 0 amide bonds. The molecule has 3 rings (SSSR count). The predicted octanol–water partition coefficient (Wildman–Crippen LogP) is 4.11. The number of rotatable bonds is 4. The standard InChI is InChI=1S/C21H27N3O5/c1-21(2,3)29-20(26)24-16-12-13-22-19(28-14-8-6-5-7-9-14)18(16)15(23-24)10-11-17(25)27-4/h10-14H,5-9H2,1-4H3/b11-10+. The highest BCUT2D eigenvalue weighted by Gasteiger charge is 2.25. The van der Waals surface area contributed by atoms with Gasteiger partial charge in [-0.1, -0.05) is 6.42 Å². The van der Waals surface area contributed by atoms with Gasteiger partial charge in [0.25, 0.3) is 0 Å². The average molecular weight is 401 g/mol. The lowest BCUT2D eigenvalue weighted by Crippen LogP contribution is -2.27. The highest BCUT2D eigenvalue weighted by Crippen LogP contribution is 2.31. The van der Waals surface area contributed by atoms with Gasteiger partial charge in [-0.25, -0.2) is 14.6 Å². The van der Waals surface area contributed by atoms with Gasteiger partial charge in [-0.2, -0.15) is 9.78 Å². The molecule has 1 aliphatic rings. The van der Waals surface area contributed by atoms with Gasteiger partial charge in [0.15, 0.2) is 0 Å². The van der Waals surface area contributed by atoms with Crippen molar-refractivity contribution in [1.29, 1.82) is 0 Å². The van der Waals surface area contributed by atoms with E-state index < -0.39 is 17.7 Å². The summed E-state index contributed by atoms with van der Waals surface area (Å²) in [6, 6.07) is 1.68. The maximum Gasteiger partial charge on any atom is 0.435 e. The van der Waals surface area contributed by atoms with Gasteiger partial charge in [-0.3, -0.25) is 0 Å². The second kappa shape index (κ2) is 8.63. The zero-order valence-electron chi connectivity index (χ0n) is 17.3. The normalized spacial score (nSPS) is 15.6. The van der Waals surface area contributed by atoms with E-state index in [9.17, 15) is 9.59 Å². The Kier molecular flexibility index (Phi) is 6.20. The zero-order valence-corrected chi connectivity index (χ0v) is 17.3. The van der Waals surface area contributed by atoms with Crippen LogP contribution in [0.4, 0.5) is 4.79 Å². The molecule has 0 saturated heterocycles. The molecular formula is C21H27N3O5. The molecule has 2 aromatic heterocycles. The molecule has 2 aromatic rings. The molecule has 2 heterocycles. The average Bonchev–Trinajstić information content (AvgIpc) is 3.05. The van der Waals surface area contributed by atoms with Crippen molar-refractivity contribution in [2.24, 2.45) is 0 Å². The molecule has 0 spiro atoms. The first-order valence-corrected chi connectivity index (χ1v) is 9.82. The van der Waals surface area contributed by atoms with Crippen molar-refractivity contribution in [2.45, 2.75) is 64.6 Å². The second-order valence-electron chi connectivity index (χ2n) is 8.02. The van der Waals surface area contributed by atoms with Crippen LogP contribution in [0.5, 0.6) is 5.88 Å². The first-order valence-electron chi connectivity index (χ1n) is 9.82. The zero-order chi connectivity index (χ0) is 21.0. The van der Waals surface area contributed by atoms with Crippen LogP contribution >= 0.6 is 0 Å². The number of esters is 1. The fourth-order valence-corrected chi connectivity index (χ4v) is 3.27. The number of carbonyl (C=O) groups excluding carboxylic acids is 2. The molecule has 0 N–H and O–H groups in total. The lowest BCUT2D eigenvalue weighted by Gasteiger charge is -2.22. The van der Waals surface area contributed by atoms with Gasteiger partial charge in [-0.15, -0.1) is 0 Å². The number of pyridine rings is 1. The van der Waals surface area contributed by atoms with Crippen LogP contribution in [0.15, 0.2) is 18.3 Å². The summed E-state index contributed by atoms with van der Waals surface area (Å²) < 4.78 is 17.5. The van der Waals surface area contributed by atoms with Crippen LogP contribution < -0.4 is 4.74 Å². The fourth-order valence-electron chi connectivity index (χ4n) is 3.27. The van der Waals surface area contributed by atoms with E-state index in [1.807, 2.05) is 0 Å². The van der Waals surface area contributed by atoms with E-state index in [4.69, 9.17) is 9.47 Å². The number of methoxy groups -OCH3 is 1. The van der Waals surface area contributed by atoms with Crippen LogP contribution in [-0.2, 0) is 14.3 Å². The van der Waals surface area contributed by atoms with Crippen LogP contribution in [0.3, 0.4) is 0 Å². The third-order valence-corrected chi connectivity index (χ3v) is 4.56. The lowest BCUT2D eigenvalue weighted by atomic mass is 9.98. The Labute approximate surface area is 169 Å². The summed E-state index contributed by atoms with van der Waals surface area (Å²) in [7, 11) is 1.29. The molecule has 0 atom stereocenters. The van der Waals surface area contributed by atoms with E-state index in [1.54, 1.807) is 33.0 Å². The highest BCUT2D eigenvalue weighted by molar-refractivity contribution is 5.98. The molecule has 0 radical (unpaired) electrons. The molecule has 8 nitrogen and oxygen atoms in total. The number of ether oxygens (including phenoxy) is 3. The van der Waals surface area contributed by atoms with Gasteiger partial charge < -0.3 is 14.2 Å². The Morgan fingerprint density at radius 2 is 1.93 bits per heavy atom. The van der Waals surface area contributed by atoms with Crippen molar-refractivity contribution in [1.82, 2.24) is 14.8 Å². The number of hydrogen-bond acceptors (Lipinski definition) is 7. The topological polar surface area (TPSA) is 92.5 Å². The Balaban J connectivity index is 2.06. The second-order valence-corrected chi connectivity index (χ2v) is 8.02. The summed E-state index contributed by atoms with van der Waals surface area (Å²) in [6.45, 7) is 5.36. The maximum atomic E-state index is 12.7. The Morgan fingerprint density at radius 3 is 2.59 bits per heavy atom. The molecule has 1 aliphatic carbocycles. The Bertz CT molecular complexity index is 920. The summed E-state index contributed by atoms with van der Waals surface area (Å²) in [5.74, 6) is -0.127. The van der Waals surface area contributed by atoms with E-state index in [2.05, 4.69) is 14.8 Å². The number of fused-ring (bicyclic) bond motifs is 1. The molecule has 0 aromatic carbocycles. The number of nitrogens with zero attached hydrogens (tertiary/aromatic N) is 3. The van der Waals surface area contributed by atoms with E-state index in [0.29, 0.717) is 22.5 Å². The minimum Gasteiger partial charge on any atom is -0.474 e. The van der Waals surface area contributed by atoms with Crippen molar-refractivity contribution < 1.29 is 23.8 Å². The van der Waals surface area contributed by atoms with Gasteiger partial charge in [0.05, 0.1) is 23.7 Å². The van der Waals surface area contributed by atoms with Crippen LogP contribution in [-0.4, -0.2) is 45.6 Å². The summed E-state index contributed by atoms with van der Waals surface area (Å²) in [6.07, 6.45) is 9.15. The van der Waals surface area contributed by atoms with Crippen molar-refractivity contribution in [3.8, 4) is 5.88 Å². The molecule has 1 saturated carbocycles. The largest absolute Gasteiger partial charge is 0.474 e. The van der Waals surface area contributed by atoms with Crippen molar-refractivity contribution in [2.75, 3.05) is 7.11 Å². The molecule has 1 fully saturated rings. The quantitative estimate of drug-likeness (QED) is 0.562. The Morgan fingerprint density at radius 1 is 1.21 bits per heavy atom. The maximum absolute atomic E-state index is 12.7. The number of aromatic nitrogens is 3. The number of carbonyl (C=O) groups is 2. The van der Waals surface area contributed by atoms with Crippen LogP contribution in [0.1, 0.15) is 58.6 Å². The van der Waals surface area contributed by atoms with E-state index in [-0.39, 0.29) is 6.10 Å². The van der Waals surface area contributed by atoms with Gasteiger partial charge in [-0.05, 0) is 58.6 Å². The predicted molar refractivity (Wildman–Crippen MR) is 108 cm³/mol. The van der Waals surface area contributed by atoms with Gasteiger partial charge in [0, 0.05) is 12.3 Å². The first kappa shape index (κ1) is 20.8. The van der Waals surface area contributed by atoms with Crippen molar-refractivity contribution in [3.63, 3.8) is 0 Å². The van der Waals surface area contributed by atoms with Crippen LogP contribution in [0.25, 0.3) is 17.0 Å². The summed E-state index contributed by atoms with van der Waals surface area (Å²) in [5, 5.41) is 4.92. The van der Waals surface area contributed by atoms with Crippen molar-refractivity contribution >= 4 is 29.0 Å². The fraction of sp³-hybridized carbons (Fsp3) is 0.524.